The van der Waals surface area contributed by atoms with Gasteiger partial charge in [0.2, 0.25) is 0 Å². The number of hydrogen-bond donors (Lipinski definition) is 2. The maximum absolute atomic E-state index is 12.6. The van der Waals surface area contributed by atoms with Crippen molar-refractivity contribution in [3.05, 3.63) is 0 Å². The molecule has 2 aliphatic rings. The van der Waals surface area contributed by atoms with Crippen molar-refractivity contribution in [2.45, 2.75) is 70.0 Å². The van der Waals surface area contributed by atoms with Crippen LogP contribution >= 0.6 is 24.0 Å². The monoisotopic (exact) mass is 433 g/mol. The highest BCUT2D eigenvalue weighted by atomic mass is 127. The molecule has 0 radical (unpaired) electrons. The molecule has 0 bridgehead atoms. The molecule has 0 saturated heterocycles. The number of nitrogens with zero attached hydrogens (tertiary/aromatic N) is 1. The third-order valence-corrected chi connectivity index (χ3v) is 4.79. The predicted molar refractivity (Wildman–Crippen MR) is 93.4 cm³/mol. The lowest BCUT2D eigenvalue weighted by atomic mass is 9.82. The van der Waals surface area contributed by atoms with Gasteiger partial charge in [0, 0.05) is 12.6 Å². The first-order chi connectivity index (χ1) is 9.95. The van der Waals surface area contributed by atoms with Crippen LogP contribution in [0.3, 0.4) is 0 Å². The Bertz CT molecular complexity index is 346. The Morgan fingerprint density at radius 2 is 1.59 bits per heavy atom. The van der Waals surface area contributed by atoms with Crippen molar-refractivity contribution in [1.29, 1.82) is 0 Å². The van der Waals surface area contributed by atoms with Crippen LogP contribution in [0.25, 0.3) is 0 Å². The van der Waals surface area contributed by atoms with E-state index in [4.69, 9.17) is 5.73 Å². The molecular formula is C15H27F3IN3. The topological polar surface area (TPSA) is 50.4 Å². The molecule has 2 fully saturated rings. The second kappa shape index (κ2) is 9.17. The highest BCUT2D eigenvalue weighted by molar-refractivity contribution is 14.0. The van der Waals surface area contributed by atoms with E-state index in [0.717, 1.165) is 12.8 Å². The Balaban J connectivity index is 0.00000242. The first-order valence-corrected chi connectivity index (χ1v) is 8.08. The van der Waals surface area contributed by atoms with Gasteiger partial charge in [0.05, 0.1) is 5.92 Å². The van der Waals surface area contributed by atoms with Crippen LogP contribution in [0.2, 0.25) is 0 Å². The Labute approximate surface area is 147 Å². The van der Waals surface area contributed by atoms with Crippen LogP contribution in [-0.2, 0) is 0 Å². The zero-order chi connectivity index (χ0) is 15.3. The molecule has 0 atom stereocenters. The SMILES string of the molecule is I.NC(=NCC1CCC(C(F)(F)F)CC1)NC1CCCCC1. The summed E-state index contributed by atoms with van der Waals surface area (Å²) in [6.07, 6.45) is 3.65. The quantitative estimate of drug-likeness (QED) is 0.398. The van der Waals surface area contributed by atoms with E-state index in [1.807, 2.05) is 0 Å². The number of rotatable bonds is 3. The Morgan fingerprint density at radius 1 is 1.00 bits per heavy atom. The minimum Gasteiger partial charge on any atom is -0.370 e. The van der Waals surface area contributed by atoms with Gasteiger partial charge in [-0.25, -0.2) is 0 Å². The fourth-order valence-electron chi connectivity index (χ4n) is 3.40. The maximum atomic E-state index is 12.6. The van der Waals surface area contributed by atoms with E-state index >= 15 is 0 Å². The summed E-state index contributed by atoms with van der Waals surface area (Å²) in [6.45, 7) is 0.552. The van der Waals surface area contributed by atoms with Crippen LogP contribution in [0, 0.1) is 11.8 Å². The van der Waals surface area contributed by atoms with E-state index in [-0.39, 0.29) is 42.7 Å². The highest BCUT2D eigenvalue weighted by Gasteiger charge is 2.41. The Hall–Kier alpha value is -0.210. The second-order valence-corrected chi connectivity index (χ2v) is 6.46. The predicted octanol–water partition coefficient (Wildman–Crippen LogP) is 4.21. The lowest BCUT2D eigenvalue weighted by Crippen LogP contribution is -2.41. The molecule has 0 aromatic rings. The summed E-state index contributed by atoms with van der Waals surface area (Å²) in [5.74, 6) is -0.411. The first-order valence-electron chi connectivity index (χ1n) is 8.08. The van der Waals surface area contributed by atoms with Crippen LogP contribution in [0.5, 0.6) is 0 Å². The van der Waals surface area contributed by atoms with E-state index in [9.17, 15) is 13.2 Å². The van der Waals surface area contributed by atoms with Crippen LogP contribution in [-0.4, -0.2) is 24.7 Å². The van der Waals surface area contributed by atoms with Crippen molar-refractivity contribution in [3.63, 3.8) is 0 Å². The molecule has 7 heteroatoms. The van der Waals surface area contributed by atoms with Gasteiger partial charge in [-0.3, -0.25) is 4.99 Å². The van der Waals surface area contributed by atoms with Gasteiger partial charge in [-0.05, 0) is 44.4 Å². The van der Waals surface area contributed by atoms with E-state index < -0.39 is 12.1 Å². The Kier molecular flexibility index (Phi) is 8.27. The standard InChI is InChI=1S/C15H26F3N3.HI/c16-15(17,18)12-8-6-11(7-9-12)10-20-14(19)21-13-4-2-1-3-5-13;/h11-13H,1-10H2,(H3,19,20,21);1H. The van der Waals surface area contributed by atoms with Gasteiger partial charge < -0.3 is 11.1 Å². The van der Waals surface area contributed by atoms with Gasteiger partial charge in [0.1, 0.15) is 0 Å². The molecule has 0 unspecified atom stereocenters. The van der Waals surface area contributed by atoms with Crippen molar-refractivity contribution >= 4 is 29.9 Å². The maximum Gasteiger partial charge on any atom is 0.391 e. The van der Waals surface area contributed by atoms with Crippen molar-refractivity contribution < 1.29 is 13.2 Å². The molecular weight excluding hydrogens is 406 g/mol. The Morgan fingerprint density at radius 3 is 2.14 bits per heavy atom. The normalized spacial score (nSPS) is 28.0. The zero-order valence-electron chi connectivity index (χ0n) is 12.9. The van der Waals surface area contributed by atoms with E-state index in [1.165, 1.54) is 19.3 Å². The third-order valence-electron chi connectivity index (χ3n) is 4.79. The average molecular weight is 433 g/mol. The molecule has 2 saturated carbocycles. The molecule has 3 nitrogen and oxygen atoms in total. The second-order valence-electron chi connectivity index (χ2n) is 6.46. The molecule has 0 aromatic heterocycles. The van der Waals surface area contributed by atoms with Crippen LogP contribution in [0.1, 0.15) is 57.8 Å². The average Bonchev–Trinajstić information content (AvgIpc) is 2.46. The van der Waals surface area contributed by atoms with Gasteiger partial charge in [-0.2, -0.15) is 13.2 Å². The smallest absolute Gasteiger partial charge is 0.370 e. The lowest BCUT2D eigenvalue weighted by Gasteiger charge is -2.29. The largest absolute Gasteiger partial charge is 0.391 e. The van der Waals surface area contributed by atoms with Crippen LogP contribution in [0.4, 0.5) is 13.2 Å². The minimum absolute atomic E-state index is 0. The summed E-state index contributed by atoms with van der Waals surface area (Å²) >= 11 is 0. The number of aliphatic imine (C=N–C) groups is 1. The number of alkyl halides is 3. The molecule has 2 aliphatic carbocycles. The first kappa shape index (κ1) is 19.8. The molecule has 0 spiro atoms. The molecule has 2 rings (SSSR count). The summed E-state index contributed by atoms with van der Waals surface area (Å²) in [7, 11) is 0. The fraction of sp³-hybridized carbons (Fsp3) is 0.933. The summed E-state index contributed by atoms with van der Waals surface area (Å²) in [5.41, 5.74) is 5.88. The number of halogens is 4. The number of hydrogen-bond acceptors (Lipinski definition) is 1. The number of nitrogens with two attached hydrogens (primary N) is 1. The van der Waals surface area contributed by atoms with Crippen molar-refractivity contribution in [1.82, 2.24) is 5.32 Å². The summed E-state index contributed by atoms with van der Waals surface area (Å²) < 4.78 is 37.8. The zero-order valence-corrected chi connectivity index (χ0v) is 15.2. The molecule has 0 aliphatic heterocycles. The lowest BCUT2D eigenvalue weighted by molar-refractivity contribution is -0.183. The number of nitrogens with one attached hydrogen (secondary N) is 1. The summed E-state index contributed by atoms with van der Waals surface area (Å²) in [4.78, 5) is 4.33. The third kappa shape index (κ3) is 6.50. The minimum atomic E-state index is -4.03. The fourth-order valence-corrected chi connectivity index (χ4v) is 3.40. The van der Waals surface area contributed by atoms with E-state index in [0.29, 0.717) is 31.4 Å². The van der Waals surface area contributed by atoms with Gasteiger partial charge >= 0.3 is 6.18 Å². The molecule has 3 N–H and O–H groups in total. The molecule has 0 amide bonds. The van der Waals surface area contributed by atoms with Gasteiger partial charge in [-0.1, -0.05) is 19.3 Å². The van der Waals surface area contributed by atoms with Crippen molar-refractivity contribution in [3.8, 4) is 0 Å². The van der Waals surface area contributed by atoms with Gasteiger partial charge in [0.15, 0.2) is 5.96 Å². The van der Waals surface area contributed by atoms with Crippen LogP contribution in [0.15, 0.2) is 4.99 Å². The van der Waals surface area contributed by atoms with Crippen LogP contribution < -0.4 is 11.1 Å². The molecule has 22 heavy (non-hydrogen) atoms. The van der Waals surface area contributed by atoms with E-state index in [2.05, 4.69) is 10.3 Å². The summed E-state index contributed by atoms with van der Waals surface area (Å²) in [5, 5.41) is 3.24. The van der Waals surface area contributed by atoms with Gasteiger partial charge in [0.25, 0.3) is 0 Å². The van der Waals surface area contributed by atoms with E-state index in [1.54, 1.807) is 0 Å². The highest BCUT2D eigenvalue weighted by Crippen LogP contribution is 2.39. The summed E-state index contributed by atoms with van der Waals surface area (Å²) in [6, 6.07) is 0.420. The van der Waals surface area contributed by atoms with Crippen molar-refractivity contribution in [2.75, 3.05) is 6.54 Å². The molecule has 0 aromatic carbocycles. The van der Waals surface area contributed by atoms with Crippen molar-refractivity contribution in [2.24, 2.45) is 22.6 Å². The molecule has 0 heterocycles. The molecule has 130 valence electrons. The van der Waals surface area contributed by atoms with Gasteiger partial charge in [-0.15, -0.1) is 24.0 Å². The number of guanidine groups is 1.